The standard InChI is InChI=1S/C19H23FN2O3/c1-19(2)10-22(17(19)15-4-3-7-25-15)18(24)13-9-16(23)21-14-8-11(20)5-6-12(13)14/h5-6,8,13,15,17H,3-4,7,9-10H2,1-2H3,(H,21,23). The lowest BCUT2D eigenvalue weighted by atomic mass is 9.70. The van der Waals surface area contributed by atoms with Crippen molar-refractivity contribution in [2.45, 2.75) is 51.2 Å². The predicted molar refractivity (Wildman–Crippen MR) is 90.6 cm³/mol. The highest BCUT2D eigenvalue weighted by molar-refractivity contribution is 6.01. The van der Waals surface area contributed by atoms with Gasteiger partial charge in [0.05, 0.1) is 18.1 Å². The van der Waals surface area contributed by atoms with E-state index in [1.165, 1.54) is 12.1 Å². The second kappa shape index (κ2) is 5.80. The van der Waals surface area contributed by atoms with Crippen LogP contribution in [0.1, 0.15) is 44.6 Å². The number of halogens is 1. The van der Waals surface area contributed by atoms with Crippen molar-refractivity contribution in [2.24, 2.45) is 5.41 Å². The molecule has 2 fully saturated rings. The first-order valence-electron chi connectivity index (χ1n) is 8.88. The van der Waals surface area contributed by atoms with Gasteiger partial charge in [0, 0.05) is 30.7 Å². The molecule has 3 heterocycles. The lowest BCUT2D eigenvalue weighted by Gasteiger charge is -2.57. The van der Waals surface area contributed by atoms with Crippen LogP contribution in [0.25, 0.3) is 0 Å². The van der Waals surface area contributed by atoms with Crippen molar-refractivity contribution >= 4 is 17.5 Å². The van der Waals surface area contributed by atoms with Gasteiger partial charge < -0.3 is 15.0 Å². The summed E-state index contributed by atoms with van der Waals surface area (Å²) in [5.74, 6) is -1.27. The summed E-state index contributed by atoms with van der Waals surface area (Å²) < 4.78 is 19.3. The van der Waals surface area contributed by atoms with Crippen LogP contribution in [0.3, 0.4) is 0 Å². The summed E-state index contributed by atoms with van der Waals surface area (Å²) in [5.41, 5.74) is 1.11. The molecule has 6 heteroatoms. The molecule has 1 N–H and O–H groups in total. The molecule has 0 aromatic heterocycles. The molecule has 2 saturated heterocycles. The van der Waals surface area contributed by atoms with Crippen LogP contribution >= 0.6 is 0 Å². The highest BCUT2D eigenvalue weighted by Crippen LogP contribution is 2.45. The first kappa shape index (κ1) is 16.5. The Kier molecular flexibility index (Phi) is 3.83. The fourth-order valence-corrected chi connectivity index (χ4v) is 4.57. The third kappa shape index (κ3) is 2.72. The molecule has 4 rings (SSSR count). The highest BCUT2D eigenvalue weighted by atomic mass is 19.1. The van der Waals surface area contributed by atoms with Crippen LogP contribution in [0.15, 0.2) is 18.2 Å². The minimum atomic E-state index is -0.552. The Balaban J connectivity index is 1.62. The number of nitrogens with zero attached hydrogens (tertiary/aromatic N) is 1. The average Bonchev–Trinajstić information content (AvgIpc) is 3.04. The number of hydrogen-bond acceptors (Lipinski definition) is 3. The van der Waals surface area contributed by atoms with Gasteiger partial charge in [-0.25, -0.2) is 4.39 Å². The van der Waals surface area contributed by atoms with Crippen LogP contribution in [0.5, 0.6) is 0 Å². The molecule has 5 nitrogen and oxygen atoms in total. The maximum Gasteiger partial charge on any atom is 0.231 e. The summed E-state index contributed by atoms with van der Waals surface area (Å²) in [6.45, 7) is 5.71. The lowest BCUT2D eigenvalue weighted by Crippen LogP contribution is -2.68. The number of likely N-dealkylation sites (tertiary alicyclic amines) is 1. The van der Waals surface area contributed by atoms with Crippen LogP contribution in [0, 0.1) is 11.2 Å². The SMILES string of the molecule is CC1(C)CN(C(=O)C2CC(=O)Nc3cc(F)ccc32)C1C1CCCO1. The second-order valence-corrected chi connectivity index (χ2v) is 7.99. The zero-order valence-electron chi connectivity index (χ0n) is 14.5. The Morgan fingerprint density at radius 1 is 1.40 bits per heavy atom. The van der Waals surface area contributed by atoms with Crippen molar-refractivity contribution in [1.29, 1.82) is 0 Å². The average molecular weight is 346 g/mol. The Morgan fingerprint density at radius 3 is 2.88 bits per heavy atom. The molecule has 0 saturated carbocycles. The molecular formula is C19H23FN2O3. The van der Waals surface area contributed by atoms with Crippen molar-refractivity contribution in [3.63, 3.8) is 0 Å². The van der Waals surface area contributed by atoms with Crippen LogP contribution in [-0.4, -0.2) is 42.0 Å². The van der Waals surface area contributed by atoms with E-state index < -0.39 is 11.7 Å². The zero-order chi connectivity index (χ0) is 17.8. The van der Waals surface area contributed by atoms with Gasteiger partial charge >= 0.3 is 0 Å². The molecule has 1 aromatic rings. The van der Waals surface area contributed by atoms with Gasteiger partial charge in [-0.15, -0.1) is 0 Å². The largest absolute Gasteiger partial charge is 0.376 e. The first-order valence-corrected chi connectivity index (χ1v) is 8.88. The molecule has 3 aliphatic rings. The van der Waals surface area contributed by atoms with Gasteiger partial charge in [-0.3, -0.25) is 9.59 Å². The molecule has 25 heavy (non-hydrogen) atoms. The molecule has 0 spiro atoms. The monoisotopic (exact) mass is 346 g/mol. The third-order valence-corrected chi connectivity index (χ3v) is 5.67. The van der Waals surface area contributed by atoms with Gasteiger partial charge in [0.15, 0.2) is 0 Å². The number of hydrogen-bond donors (Lipinski definition) is 1. The van der Waals surface area contributed by atoms with E-state index in [-0.39, 0.29) is 35.8 Å². The number of rotatable bonds is 2. The number of nitrogens with one attached hydrogen (secondary N) is 1. The molecular weight excluding hydrogens is 323 g/mol. The van der Waals surface area contributed by atoms with E-state index in [0.29, 0.717) is 17.8 Å². The van der Waals surface area contributed by atoms with Crippen molar-refractivity contribution < 1.29 is 18.7 Å². The summed E-state index contributed by atoms with van der Waals surface area (Å²) >= 11 is 0. The van der Waals surface area contributed by atoms with Crippen molar-refractivity contribution in [1.82, 2.24) is 4.90 Å². The molecule has 3 aliphatic heterocycles. The van der Waals surface area contributed by atoms with Crippen LogP contribution in [0.4, 0.5) is 10.1 Å². The Morgan fingerprint density at radius 2 is 2.20 bits per heavy atom. The topological polar surface area (TPSA) is 58.6 Å². The van der Waals surface area contributed by atoms with E-state index in [4.69, 9.17) is 4.74 Å². The first-order chi connectivity index (χ1) is 11.9. The van der Waals surface area contributed by atoms with Gasteiger partial charge in [0.2, 0.25) is 11.8 Å². The van der Waals surface area contributed by atoms with E-state index in [9.17, 15) is 14.0 Å². The second-order valence-electron chi connectivity index (χ2n) is 7.99. The van der Waals surface area contributed by atoms with E-state index in [0.717, 1.165) is 19.4 Å². The molecule has 0 aliphatic carbocycles. The third-order valence-electron chi connectivity index (χ3n) is 5.67. The number of carbonyl (C=O) groups excluding carboxylic acids is 2. The number of anilines is 1. The van der Waals surface area contributed by atoms with Gasteiger partial charge in [0.25, 0.3) is 0 Å². The maximum atomic E-state index is 13.5. The summed E-state index contributed by atoms with van der Waals surface area (Å²) in [6.07, 6.45) is 2.16. The number of benzene rings is 1. The van der Waals surface area contributed by atoms with Crippen LogP contribution in [-0.2, 0) is 14.3 Å². The van der Waals surface area contributed by atoms with E-state index in [1.54, 1.807) is 6.07 Å². The molecule has 1 aromatic carbocycles. The van der Waals surface area contributed by atoms with Crippen molar-refractivity contribution in [3.8, 4) is 0 Å². The fourth-order valence-electron chi connectivity index (χ4n) is 4.57. The maximum absolute atomic E-state index is 13.5. The molecule has 2 amide bonds. The fraction of sp³-hybridized carbons (Fsp3) is 0.579. The highest BCUT2D eigenvalue weighted by Gasteiger charge is 2.54. The number of ether oxygens (including phenoxy) is 1. The van der Waals surface area contributed by atoms with Gasteiger partial charge in [-0.05, 0) is 30.5 Å². The van der Waals surface area contributed by atoms with Gasteiger partial charge in [-0.1, -0.05) is 19.9 Å². The summed E-state index contributed by atoms with van der Waals surface area (Å²) in [6, 6.07) is 4.27. The van der Waals surface area contributed by atoms with Crippen LogP contribution < -0.4 is 5.32 Å². The van der Waals surface area contributed by atoms with E-state index in [1.807, 2.05) is 4.90 Å². The number of fused-ring (bicyclic) bond motifs is 1. The number of amides is 2. The molecule has 3 atom stereocenters. The minimum Gasteiger partial charge on any atom is -0.376 e. The van der Waals surface area contributed by atoms with Crippen LogP contribution in [0.2, 0.25) is 0 Å². The molecule has 3 unspecified atom stereocenters. The van der Waals surface area contributed by atoms with Gasteiger partial charge in [-0.2, -0.15) is 0 Å². The molecule has 0 radical (unpaired) electrons. The Labute approximate surface area is 146 Å². The lowest BCUT2D eigenvalue weighted by molar-refractivity contribution is -0.166. The number of carbonyl (C=O) groups is 2. The summed E-state index contributed by atoms with van der Waals surface area (Å²) in [4.78, 5) is 27.1. The van der Waals surface area contributed by atoms with Crippen molar-refractivity contribution in [2.75, 3.05) is 18.5 Å². The van der Waals surface area contributed by atoms with E-state index >= 15 is 0 Å². The van der Waals surface area contributed by atoms with E-state index in [2.05, 4.69) is 19.2 Å². The molecule has 0 bridgehead atoms. The summed E-state index contributed by atoms with van der Waals surface area (Å²) in [7, 11) is 0. The van der Waals surface area contributed by atoms with Crippen molar-refractivity contribution in [3.05, 3.63) is 29.6 Å². The predicted octanol–water partition coefficient (Wildman–Crippen LogP) is 2.67. The Hall–Kier alpha value is -1.95. The zero-order valence-corrected chi connectivity index (χ0v) is 14.5. The van der Waals surface area contributed by atoms with Gasteiger partial charge in [0.1, 0.15) is 5.82 Å². The minimum absolute atomic E-state index is 0.00716. The normalized spacial score (nSPS) is 30.4. The Bertz CT molecular complexity index is 727. The smallest absolute Gasteiger partial charge is 0.231 e. The quantitative estimate of drug-likeness (QED) is 0.896. The summed E-state index contributed by atoms with van der Waals surface area (Å²) in [5, 5.41) is 2.67. The molecule has 134 valence electrons.